The standard InChI is InChI=1S/C13H16BrNO4S/c14-10-3-8-1-2-19-13(8)9(4-10)5-15-11-6-20(17,18)7-12(11)16/h3-4,11-12,15-16H,1-2,5-7H2. The van der Waals surface area contributed by atoms with Crippen molar-refractivity contribution in [2.75, 3.05) is 18.1 Å². The fourth-order valence-corrected chi connectivity index (χ4v) is 5.07. The molecule has 0 saturated carbocycles. The zero-order valence-electron chi connectivity index (χ0n) is 10.8. The van der Waals surface area contributed by atoms with Crippen LogP contribution in [0, 0.1) is 0 Å². The van der Waals surface area contributed by atoms with E-state index in [0.717, 1.165) is 27.8 Å². The largest absolute Gasteiger partial charge is 0.493 e. The van der Waals surface area contributed by atoms with E-state index in [2.05, 4.69) is 21.2 Å². The lowest BCUT2D eigenvalue weighted by Gasteiger charge is -2.16. The normalized spacial score (nSPS) is 27.3. The minimum absolute atomic E-state index is 0.00871. The van der Waals surface area contributed by atoms with Gasteiger partial charge in [-0.2, -0.15) is 0 Å². The Morgan fingerprint density at radius 1 is 1.40 bits per heavy atom. The van der Waals surface area contributed by atoms with Gasteiger partial charge in [-0.1, -0.05) is 15.9 Å². The number of ether oxygens (including phenoxy) is 1. The molecule has 20 heavy (non-hydrogen) atoms. The number of aliphatic hydroxyl groups is 1. The van der Waals surface area contributed by atoms with Gasteiger partial charge in [-0.15, -0.1) is 0 Å². The predicted octanol–water partition coefficient (Wildman–Crippen LogP) is 0.632. The maximum atomic E-state index is 11.5. The topological polar surface area (TPSA) is 75.6 Å². The zero-order valence-corrected chi connectivity index (χ0v) is 13.2. The van der Waals surface area contributed by atoms with Crippen LogP contribution >= 0.6 is 15.9 Å². The summed E-state index contributed by atoms with van der Waals surface area (Å²) in [7, 11) is -3.12. The smallest absolute Gasteiger partial charge is 0.154 e. The summed E-state index contributed by atoms with van der Waals surface area (Å²) < 4.78 is 29.6. The molecule has 5 nitrogen and oxygen atoms in total. The number of aliphatic hydroxyl groups excluding tert-OH is 1. The van der Waals surface area contributed by atoms with Gasteiger partial charge in [0.2, 0.25) is 0 Å². The van der Waals surface area contributed by atoms with Crippen LogP contribution in [0.4, 0.5) is 0 Å². The van der Waals surface area contributed by atoms with Crippen LogP contribution in [0.1, 0.15) is 11.1 Å². The average Bonchev–Trinajstić information content (AvgIpc) is 2.90. The summed E-state index contributed by atoms with van der Waals surface area (Å²) in [6, 6.07) is 3.60. The van der Waals surface area contributed by atoms with Crippen LogP contribution in [0.2, 0.25) is 0 Å². The van der Waals surface area contributed by atoms with Gasteiger partial charge in [0, 0.05) is 29.0 Å². The molecular formula is C13H16BrNO4S. The van der Waals surface area contributed by atoms with Crippen molar-refractivity contribution in [3.63, 3.8) is 0 Å². The maximum Gasteiger partial charge on any atom is 0.154 e. The van der Waals surface area contributed by atoms with Crippen molar-refractivity contribution in [2.24, 2.45) is 0 Å². The Morgan fingerprint density at radius 3 is 2.90 bits per heavy atom. The maximum absolute atomic E-state index is 11.5. The second kappa shape index (κ2) is 5.29. The summed E-state index contributed by atoms with van der Waals surface area (Å²) in [6.45, 7) is 1.16. The van der Waals surface area contributed by atoms with E-state index < -0.39 is 22.0 Å². The highest BCUT2D eigenvalue weighted by atomic mass is 79.9. The number of benzene rings is 1. The van der Waals surface area contributed by atoms with Gasteiger partial charge in [0.05, 0.1) is 24.2 Å². The van der Waals surface area contributed by atoms with Gasteiger partial charge < -0.3 is 15.2 Å². The van der Waals surface area contributed by atoms with Gasteiger partial charge in [-0.25, -0.2) is 8.42 Å². The molecule has 2 aliphatic heterocycles. The highest BCUT2D eigenvalue weighted by Crippen LogP contribution is 2.33. The Morgan fingerprint density at radius 2 is 2.20 bits per heavy atom. The van der Waals surface area contributed by atoms with Crippen molar-refractivity contribution in [3.05, 3.63) is 27.7 Å². The summed E-state index contributed by atoms with van der Waals surface area (Å²) in [5.74, 6) is 0.722. The molecule has 2 unspecified atom stereocenters. The monoisotopic (exact) mass is 361 g/mol. The summed E-state index contributed by atoms with van der Waals surface area (Å²) in [6.07, 6.45) is 0.0588. The van der Waals surface area contributed by atoms with Gasteiger partial charge in [0.25, 0.3) is 0 Å². The molecule has 7 heteroatoms. The molecule has 0 spiro atoms. The van der Waals surface area contributed by atoms with Gasteiger partial charge in [-0.05, 0) is 17.7 Å². The van der Waals surface area contributed by atoms with E-state index in [1.54, 1.807) is 0 Å². The van der Waals surface area contributed by atoms with Gasteiger partial charge in [0.15, 0.2) is 9.84 Å². The lowest BCUT2D eigenvalue weighted by atomic mass is 10.1. The van der Waals surface area contributed by atoms with E-state index in [-0.39, 0.29) is 11.5 Å². The first-order valence-electron chi connectivity index (χ1n) is 6.50. The first-order valence-corrected chi connectivity index (χ1v) is 9.12. The SMILES string of the molecule is O=S1(=O)CC(O)C(NCc2cc(Br)cc3c2OCC3)C1. The number of hydrogen-bond donors (Lipinski definition) is 2. The van der Waals surface area contributed by atoms with E-state index >= 15 is 0 Å². The lowest BCUT2D eigenvalue weighted by molar-refractivity contribution is 0.165. The predicted molar refractivity (Wildman–Crippen MR) is 78.6 cm³/mol. The van der Waals surface area contributed by atoms with E-state index in [4.69, 9.17) is 4.74 Å². The molecule has 2 atom stereocenters. The number of halogens is 1. The van der Waals surface area contributed by atoms with Gasteiger partial charge in [0.1, 0.15) is 5.75 Å². The molecule has 0 aliphatic carbocycles. The molecule has 2 N–H and O–H groups in total. The third kappa shape index (κ3) is 2.86. The summed E-state index contributed by atoms with van der Waals surface area (Å²) >= 11 is 3.47. The second-order valence-electron chi connectivity index (χ2n) is 5.28. The Balaban J connectivity index is 1.74. The molecule has 0 bridgehead atoms. The molecule has 1 fully saturated rings. The molecule has 0 aromatic heterocycles. The molecule has 110 valence electrons. The number of rotatable bonds is 3. The van der Waals surface area contributed by atoms with E-state index in [0.29, 0.717) is 13.2 Å². The molecule has 1 saturated heterocycles. The Labute approximate surface area is 126 Å². The Kier molecular flexibility index (Phi) is 3.79. The highest BCUT2D eigenvalue weighted by Gasteiger charge is 2.36. The van der Waals surface area contributed by atoms with Crippen LogP contribution in [0.5, 0.6) is 5.75 Å². The average molecular weight is 362 g/mol. The second-order valence-corrected chi connectivity index (χ2v) is 8.35. The Hall–Kier alpha value is -0.630. The molecule has 3 rings (SSSR count). The van der Waals surface area contributed by atoms with Crippen LogP contribution in [0.15, 0.2) is 16.6 Å². The first kappa shape index (κ1) is 14.3. The highest BCUT2D eigenvalue weighted by molar-refractivity contribution is 9.10. The van der Waals surface area contributed by atoms with E-state index in [1.165, 1.54) is 0 Å². The molecule has 1 aromatic carbocycles. The van der Waals surface area contributed by atoms with Crippen molar-refractivity contribution in [3.8, 4) is 5.75 Å². The minimum atomic E-state index is -3.12. The molecule has 2 heterocycles. The van der Waals surface area contributed by atoms with Crippen LogP contribution < -0.4 is 10.1 Å². The zero-order chi connectivity index (χ0) is 14.3. The minimum Gasteiger partial charge on any atom is -0.493 e. The molecule has 1 aromatic rings. The van der Waals surface area contributed by atoms with E-state index in [9.17, 15) is 13.5 Å². The molecule has 2 aliphatic rings. The van der Waals surface area contributed by atoms with Crippen molar-refractivity contribution >= 4 is 25.8 Å². The summed E-state index contributed by atoms with van der Waals surface area (Å²) in [5.41, 5.74) is 2.15. The number of fused-ring (bicyclic) bond motifs is 1. The fraction of sp³-hybridized carbons (Fsp3) is 0.538. The van der Waals surface area contributed by atoms with E-state index in [1.807, 2.05) is 12.1 Å². The lowest BCUT2D eigenvalue weighted by Crippen LogP contribution is -2.38. The van der Waals surface area contributed by atoms with Crippen LogP contribution in [-0.2, 0) is 22.8 Å². The number of sulfone groups is 1. The quantitative estimate of drug-likeness (QED) is 0.825. The summed E-state index contributed by atoms with van der Waals surface area (Å²) in [5, 5.41) is 12.9. The number of nitrogens with one attached hydrogen (secondary N) is 1. The first-order chi connectivity index (χ1) is 9.44. The van der Waals surface area contributed by atoms with Crippen LogP contribution in [-0.4, -0.2) is 43.8 Å². The van der Waals surface area contributed by atoms with Crippen LogP contribution in [0.25, 0.3) is 0 Å². The third-order valence-corrected chi connectivity index (χ3v) is 5.88. The van der Waals surface area contributed by atoms with Crippen molar-refractivity contribution in [1.82, 2.24) is 5.32 Å². The van der Waals surface area contributed by atoms with Crippen molar-refractivity contribution < 1.29 is 18.3 Å². The molecule has 0 amide bonds. The summed E-state index contributed by atoms with van der Waals surface area (Å²) in [4.78, 5) is 0. The van der Waals surface area contributed by atoms with Crippen molar-refractivity contribution in [2.45, 2.75) is 25.1 Å². The molecule has 0 radical (unpaired) electrons. The Bertz CT molecular complexity index is 632. The molecular weight excluding hydrogens is 346 g/mol. The van der Waals surface area contributed by atoms with Crippen LogP contribution in [0.3, 0.4) is 0 Å². The third-order valence-electron chi connectivity index (χ3n) is 3.70. The fourth-order valence-electron chi connectivity index (χ4n) is 2.74. The van der Waals surface area contributed by atoms with Gasteiger partial charge in [-0.3, -0.25) is 0 Å². The van der Waals surface area contributed by atoms with Gasteiger partial charge >= 0.3 is 0 Å². The van der Waals surface area contributed by atoms with Crippen molar-refractivity contribution in [1.29, 1.82) is 0 Å². The number of hydrogen-bond acceptors (Lipinski definition) is 5.